The zero-order valence-electron chi connectivity index (χ0n) is 17.2. The van der Waals surface area contributed by atoms with Gasteiger partial charge in [-0.2, -0.15) is 0 Å². The third-order valence-electron chi connectivity index (χ3n) is 4.87. The van der Waals surface area contributed by atoms with Crippen molar-refractivity contribution in [3.63, 3.8) is 0 Å². The van der Waals surface area contributed by atoms with Crippen LogP contribution in [-0.2, 0) is 18.2 Å². The summed E-state index contributed by atoms with van der Waals surface area (Å²) in [5.74, 6) is 0.917. The minimum Gasteiger partial charge on any atom is -0.494 e. The van der Waals surface area contributed by atoms with Gasteiger partial charge in [0.05, 0.1) is 30.0 Å². The van der Waals surface area contributed by atoms with Gasteiger partial charge in [-0.3, -0.25) is 0 Å². The predicted octanol–water partition coefficient (Wildman–Crippen LogP) is 4.25. The molecule has 0 aliphatic rings. The van der Waals surface area contributed by atoms with Crippen molar-refractivity contribution in [1.29, 1.82) is 0 Å². The standard InChI is InChI=1S/C22H24N4O3/c1-6-15-8-7-13-9-17(24-20(13)23-15)21-25-16-10-14(22(27)29-12(2)3)11-18(28-5)19(16)26(21)4/h7-12H,6H2,1-5H3,(H,23,24). The fourth-order valence-electron chi connectivity index (χ4n) is 3.47. The zero-order chi connectivity index (χ0) is 20.7. The topological polar surface area (TPSA) is 82.0 Å². The Kier molecular flexibility index (Phi) is 4.74. The van der Waals surface area contributed by atoms with Crippen molar-refractivity contribution >= 4 is 28.0 Å². The van der Waals surface area contributed by atoms with E-state index in [4.69, 9.17) is 14.5 Å². The molecule has 0 fully saturated rings. The molecular weight excluding hydrogens is 368 g/mol. The molecule has 0 bridgehead atoms. The van der Waals surface area contributed by atoms with Crippen molar-refractivity contribution in [3.05, 3.63) is 41.6 Å². The third-order valence-corrected chi connectivity index (χ3v) is 4.87. The van der Waals surface area contributed by atoms with E-state index in [0.29, 0.717) is 16.8 Å². The molecule has 1 N–H and O–H groups in total. The molecule has 0 aliphatic carbocycles. The predicted molar refractivity (Wildman–Crippen MR) is 112 cm³/mol. The molecule has 0 radical (unpaired) electrons. The first-order chi connectivity index (χ1) is 13.9. The Bertz CT molecular complexity index is 1220. The number of hydrogen-bond donors (Lipinski definition) is 1. The van der Waals surface area contributed by atoms with Crippen LogP contribution >= 0.6 is 0 Å². The third kappa shape index (κ3) is 3.33. The van der Waals surface area contributed by atoms with E-state index in [1.165, 1.54) is 0 Å². The number of carbonyl (C=O) groups excluding carboxylic acids is 1. The van der Waals surface area contributed by atoms with E-state index in [0.717, 1.165) is 40.2 Å². The number of nitrogens with zero attached hydrogens (tertiary/aromatic N) is 3. The molecule has 0 saturated heterocycles. The summed E-state index contributed by atoms with van der Waals surface area (Å²) in [6, 6.07) is 9.55. The summed E-state index contributed by atoms with van der Waals surface area (Å²) in [5.41, 5.74) is 4.61. The van der Waals surface area contributed by atoms with Crippen molar-refractivity contribution in [2.24, 2.45) is 7.05 Å². The molecule has 0 aliphatic heterocycles. The highest BCUT2D eigenvalue weighted by atomic mass is 16.5. The van der Waals surface area contributed by atoms with Crippen LogP contribution in [0.15, 0.2) is 30.3 Å². The van der Waals surface area contributed by atoms with Crippen LogP contribution in [0.5, 0.6) is 5.75 Å². The van der Waals surface area contributed by atoms with Crippen molar-refractivity contribution in [2.45, 2.75) is 33.3 Å². The largest absolute Gasteiger partial charge is 0.494 e. The Morgan fingerprint density at radius 2 is 2.00 bits per heavy atom. The molecule has 0 amide bonds. The molecule has 150 valence electrons. The number of aryl methyl sites for hydroxylation is 2. The number of carbonyl (C=O) groups is 1. The van der Waals surface area contributed by atoms with E-state index in [-0.39, 0.29) is 6.10 Å². The summed E-state index contributed by atoms with van der Waals surface area (Å²) in [7, 11) is 3.51. The van der Waals surface area contributed by atoms with Crippen LogP contribution in [0.25, 0.3) is 33.6 Å². The quantitative estimate of drug-likeness (QED) is 0.513. The van der Waals surface area contributed by atoms with Crippen LogP contribution in [0, 0.1) is 0 Å². The summed E-state index contributed by atoms with van der Waals surface area (Å²) in [6.45, 7) is 5.72. The molecule has 4 aromatic rings. The number of imidazole rings is 1. The number of ether oxygens (including phenoxy) is 2. The van der Waals surface area contributed by atoms with Gasteiger partial charge in [-0.1, -0.05) is 6.92 Å². The first kappa shape index (κ1) is 19.0. The Hall–Kier alpha value is -3.35. The maximum atomic E-state index is 12.4. The van der Waals surface area contributed by atoms with E-state index in [1.807, 2.05) is 37.6 Å². The molecule has 3 aromatic heterocycles. The Balaban J connectivity index is 1.86. The number of aromatic nitrogens is 4. The molecule has 7 nitrogen and oxygen atoms in total. The van der Waals surface area contributed by atoms with Gasteiger partial charge in [0.1, 0.15) is 16.9 Å². The molecule has 0 atom stereocenters. The van der Waals surface area contributed by atoms with Gasteiger partial charge < -0.3 is 19.0 Å². The Morgan fingerprint density at radius 1 is 1.21 bits per heavy atom. The number of H-pyrrole nitrogens is 1. The lowest BCUT2D eigenvalue weighted by atomic mass is 10.2. The number of benzene rings is 1. The minimum absolute atomic E-state index is 0.199. The minimum atomic E-state index is -0.394. The van der Waals surface area contributed by atoms with E-state index >= 15 is 0 Å². The Labute approximate surface area is 168 Å². The second-order valence-corrected chi connectivity index (χ2v) is 7.27. The van der Waals surface area contributed by atoms with Crippen molar-refractivity contribution < 1.29 is 14.3 Å². The van der Waals surface area contributed by atoms with Crippen LogP contribution in [-0.4, -0.2) is 38.7 Å². The van der Waals surface area contributed by atoms with Crippen LogP contribution in [0.1, 0.15) is 36.8 Å². The summed E-state index contributed by atoms with van der Waals surface area (Å²) in [5, 5.41) is 1.03. The number of rotatable bonds is 5. The van der Waals surface area contributed by atoms with Gasteiger partial charge in [0.15, 0.2) is 5.82 Å². The van der Waals surface area contributed by atoms with Crippen molar-refractivity contribution in [2.75, 3.05) is 7.11 Å². The highest BCUT2D eigenvalue weighted by molar-refractivity contribution is 5.97. The molecule has 0 spiro atoms. The van der Waals surface area contributed by atoms with E-state index in [2.05, 4.69) is 23.0 Å². The van der Waals surface area contributed by atoms with Crippen LogP contribution in [0.2, 0.25) is 0 Å². The van der Waals surface area contributed by atoms with Gasteiger partial charge in [0, 0.05) is 18.1 Å². The lowest BCUT2D eigenvalue weighted by Gasteiger charge is -2.10. The highest BCUT2D eigenvalue weighted by Crippen LogP contribution is 2.32. The van der Waals surface area contributed by atoms with E-state index < -0.39 is 5.97 Å². The second-order valence-electron chi connectivity index (χ2n) is 7.27. The van der Waals surface area contributed by atoms with Crippen molar-refractivity contribution in [1.82, 2.24) is 19.5 Å². The maximum Gasteiger partial charge on any atom is 0.338 e. The Morgan fingerprint density at radius 3 is 2.69 bits per heavy atom. The molecule has 29 heavy (non-hydrogen) atoms. The maximum absolute atomic E-state index is 12.4. The number of fused-ring (bicyclic) bond motifs is 2. The molecular formula is C22H24N4O3. The van der Waals surface area contributed by atoms with Gasteiger partial charge in [-0.25, -0.2) is 14.8 Å². The van der Waals surface area contributed by atoms with Gasteiger partial charge >= 0.3 is 5.97 Å². The highest BCUT2D eigenvalue weighted by Gasteiger charge is 2.20. The van der Waals surface area contributed by atoms with Crippen LogP contribution in [0.4, 0.5) is 0 Å². The molecule has 3 heterocycles. The first-order valence-electron chi connectivity index (χ1n) is 9.65. The molecule has 4 rings (SSSR count). The number of pyridine rings is 1. The average Bonchev–Trinajstić information content (AvgIpc) is 3.26. The molecule has 0 saturated carbocycles. The number of hydrogen-bond acceptors (Lipinski definition) is 5. The van der Waals surface area contributed by atoms with Crippen LogP contribution in [0.3, 0.4) is 0 Å². The summed E-state index contributed by atoms with van der Waals surface area (Å²) >= 11 is 0. The lowest BCUT2D eigenvalue weighted by Crippen LogP contribution is -2.11. The van der Waals surface area contributed by atoms with Crippen LogP contribution < -0.4 is 4.74 Å². The van der Waals surface area contributed by atoms with Gasteiger partial charge in [0.25, 0.3) is 0 Å². The monoisotopic (exact) mass is 392 g/mol. The lowest BCUT2D eigenvalue weighted by molar-refractivity contribution is 0.0377. The number of methoxy groups -OCH3 is 1. The molecule has 7 heteroatoms. The number of aromatic amines is 1. The number of esters is 1. The van der Waals surface area contributed by atoms with E-state index in [1.54, 1.807) is 19.2 Å². The fourth-order valence-corrected chi connectivity index (χ4v) is 3.47. The van der Waals surface area contributed by atoms with Gasteiger partial charge in [-0.15, -0.1) is 0 Å². The zero-order valence-corrected chi connectivity index (χ0v) is 17.2. The fraction of sp³-hybridized carbons (Fsp3) is 0.318. The molecule has 0 unspecified atom stereocenters. The molecule has 1 aromatic carbocycles. The van der Waals surface area contributed by atoms with Gasteiger partial charge in [-0.05, 0) is 50.6 Å². The smallest absolute Gasteiger partial charge is 0.338 e. The van der Waals surface area contributed by atoms with E-state index in [9.17, 15) is 4.79 Å². The van der Waals surface area contributed by atoms with Crippen molar-refractivity contribution in [3.8, 4) is 17.3 Å². The summed E-state index contributed by atoms with van der Waals surface area (Å²) in [4.78, 5) is 25.2. The normalized spacial score (nSPS) is 11.5. The average molecular weight is 392 g/mol. The second kappa shape index (κ2) is 7.24. The summed E-state index contributed by atoms with van der Waals surface area (Å²) < 4.78 is 12.8. The van der Waals surface area contributed by atoms with Gasteiger partial charge in [0.2, 0.25) is 0 Å². The SMILES string of the molecule is CCc1ccc2cc(-c3nc4cc(C(=O)OC(C)C)cc(OC)c4n3C)[nH]c2n1. The first-order valence-corrected chi connectivity index (χ1v) is 9.65. The summed E-state index contributed by atoms with van der Waals surface area (Å²) in [6.07, 6.45) is 0.679. The number of nitrogens with one attached hydrogen (secondary N) is 1.